The molecule has 0 saturated heterocycles. The van der Waals surface area contributed by atoms with Gasteiger partial charge in [0.05, 0.1) is 11.6 Å². The Bertz CT molecular complexity index is 584. The molecule has 1 atom stereocenters. The van der Waals surface area contributed by atoms with Gasteiger partial charge in [-0.25, -0.2) is 9.59 Å². The lowest BCUT2D eigenvalue weighted by atomic mass is 10.1. The van der Waals surface area contributed by atoms with Crippen LogP contribution >= 0.6 is 0 Å². The zero-order valence-corrected chi connectivity index (χ0v) is 10.6. The number of carboxylic acid groups (broad SMARTS) is 1. The SMILES string of the molecule is C#CCC(NC(=O)NCc1cccc(C#N)c1)C(=O)O. The summed E-state index contributed by atoms with van der Waals surface area (Å²) in [6.07, 6.45) is 4.93. The highest BCUT2D eigenvalue weighted by molar-refractivity contribution is 5.82. The highest BCUT2D eigenvalue weighted by Crippen LogP contribution is 2.03. The summed E-state index contributed by atoms with van der Waals surface area (Å²) in [5, 5.41) is 22.3. The predicted octanol–water partition coefficient (Wildman–Crippen LogP) is 0.834. The fourth-order valence-corrected chi connectivity index (χ4v) is 1.46. The Hall–Kier alpha value is -2.99. The minimum Gasteiger partial charge on any atom is -0.480 e. The van der Waals surface area contributed by atoms with Crippen molar-refractivity contribution in [2.24, 2.45) is 0 Å². The first-order chi connectivity index (χ1) is 9.56. The quantitative estimate of drug-likeness (QED) is 0.690. The van der Waals surface area contributed by atoms with E-state index in [1.165, 1.54) is 0 Å². The molecule has 2 amide bonds. The van der Waals surface area contributed by atoms with Crippen LogP contribution in [0.25, 0.3) is 0 Å². The molecule has 0 fully saturated rings. The smallest absolute Gasteiger partial charge is 0.327 e. The number of aliphatic carboxylic acids is 1. The lowest BCUT2D eigenvalue weighted by Crippen LogP contribution is -2.45. The number of nitrogens with zero attached hydrogens (tertiary/aromatic N) is 1. The predicted molar refractivity (Wildman–Crippen MR) is 71.4 cm³/mol. The van der Waals surface area contributed by atoms with Gasteiger partial charge >= 0.3 is 12.0 Å². The molecule has 0 spiro atoms. The van der Waals surface area contributed by atoms with Crippen molar-refractivity contribution in [3.63, 3.8) is 0 Å². The van der Waals surface area contributed by atoms with Crippen molar-refractivity contribution in [3.05, 3.63) is 35.4 Å². The Kier molecular flexibility index (Phi) is 5.61. The first kappa shape index (κ1) is 15.1. The largest absolute Gasteiger partial charge is 0.480 e. The maximum atomic E-state index is 11.5. The molecule has 0 aliphatic heterocycles. The summed E-state index contributed by atoms with van der Waals surface area (Å²) in [5.74, 6) is 0.994. The molecule has 0 aliphatic rings. The molecular formula is C14H13N3O3. The van der Waals surface area contributed by atoms with Crippen LogP contribution < -0.4 is 10.6 Å². The molecule has 0 aromatic heterocycles. The lowest BCUT2D eigenvalue weighted by Gasteiger charge is -2.12. The van der Waals surface area contributed by atoms with E-state index in [-0.39, 0.29) is 13.0 Å². The van der Waals surface area contributed by atoms with Gasteiger partial charge in [-0.2, -0.15) is 5.26 Å². The van der Waals surface area contributed by atoms with E-state index in [0.717, 1.165) is 5.56 Å². The van der Waals surface area contributed by atoms with E-state index in [1.807, 2.05) is 6.07 Å². The minimum atomic E-state index is -1.19. The van der Waals surface area contributed by atoms with Gasteiger partial charge in [0.15, 0.2) is 0 Å². The number of nitriles is 1. The summed E-state index contributed by atoms with van der Waals surface area (Å²) >= 11 is 0. The number of terminal acetylenes is 1. The first-order valence-electron chi connectivity index (χ1n) is 5.76. The standard InChI is InChI=1S/C14H13N3O3/c1-2-4-12(13(18)19)17-14(20)16-9-11-6-3-5-10(7-11)8-15/h1,3,5-7,12H,4,9H2,(H,18,19)(H2,16,17,20). The Balaban J connectivity index is 2.53. The third kappa shape index (κ3) is 4.71. The van der Waals surface area contributed by atoms with Crippen LogP contribution in [0.2, 0.25) is 0 Å². The van der Waals surface area contributed by atoms with Crippen LogP contribution in [0, 0.1) is 23.7 Å². The van der Waals surface area contributed by atoms with E-state index in [0.29, 0.717) is 5.56 Å². The molecule has 1 aromatic rings. The number of amides is 2. The summed E-state index contributed by atoms with van der Waals surface area (Å²) in [5.41, 5.74) is 1.23. The highest BCUT2D eigenvalue weighted by Gasteiger charge is 2.18. The molecule has 1 rings (SSSR count). The minimum absolute atomic E-state index is 0.0906. The number of rotatable bonds is 5. The second-order valence-electron chi connectivity index (χ2n) is 3.94. The van der Waals surface area contributed by atoms with Crippen molar-refractivity contribution in [3.8, 4) is 18.4 Å². The van der Waals surface area contributed by atoms with Crippen molar-refractivity contribution >= 4 is 12.0 Å². The number of nitrogens with one attached hydrogen (secondary N) is 2. The molecule has 20 heavy (non-hydrogen) atoms. The van der Waals surface area contributed by atoms with Crippen LogP contribution in [-0.2, 0) is 11.3 Å². The maximum absolute atomic E-state index is 11.5. The summed E-state index contributed by atoms with van der Waals surface area (Å²) in [6.45, 7) is 0.184. The van der Waals surface area contributed by atoms with Crippen LogP contribution in [-0.4, -0.2) is 23.1 Å². The van der Waals surface area contributed by atoms with E-state index in [9.17, 15) is 9.59 Å². The van der Waals surface area contributed by atoms with Crippen LogP contribution in [0.5, 0.6) is 0 Å². The highest BCUT2D eigenvalue weighted by atomic mass is 16.4. The molecule has 1 aromatic carbocycles. The van der Waals surface area contributed by atoms with Gasteiger partial charge < -0.3 is 15.7 Å². The molecular weight excluding hydrogens is 258 g/mol. The Labute approximate surface area is 116 Å². The Morgan fingerprint density at radius 3 is 2.80 bits per heavy atom. The fourth-order valence-electron chi connectivity index (χ4n) is 1.46. The van der Waals surface area contributed by atoms with E-state index in [2.05, 4.69) is 16.6 Å². The van der Waals surface area contributed by atoms with Crippen LogP contribution in [0.1, 0.15) is 17.5 Å². The number of hydrogen-bond donors (Lipinski definition) is 3. The molecule has 3 N–H and O–H groups in total. The van der Waals surface area contributed by atoms with E-state index >= 15 is 0 Å². The molecule has 0 aliphatic carbocycles. The maximum Gasteiger partial charge on any atom is 0.327 e. The zero-order valence-electron chi connectivity index (χ0n) is 10.6. The molecule has 0 bridgehead atoms. The van der Waals surface area contributed by atoms with Crippen molar-refractivity contribution in [1.29, 1.82) is 5.26 Å². The summed E-state index contributed by atoms with van der Waals surface area (Å²) in [7, 11) is 0. The number of urea groups is 1. The molecule has 0 heterocycles. The molecule has 6 heteroatoms. The van der Waals surface area contributed by atoms with Crippen molar-refractivity contribution in [1.82, 2.24) is 10.6 Å². The van der Waals surface area contributed by atoms with Gasteiger partial charge in [-0.05, 0) is 17.7 Å². The lowest BCUT2D eigenvalue weighted by molar-refractivity contribution is -0.139. The second-order valence-corrected chi connectivity index (χ2v) is 3.94. The Morgan fingerprint density at radius 1 is 1.45 bits per heavy atom. The van der Waals surface area contributed by atoms with Gasteiger partial charge in [-0.3, -0.25) is 0 Å². The van der Waals surface area contributed by atoms with Crippen molar-refractivity contribution in [2.75, 3.05) is 0 Å². The molecule has 6 nitrogen and oxygen atoms in total. The van der Waals surface area contributed by atoms with E-state index < -0.39 is 18.0 Å². The summed E-state index contributed by atoms with van der Waals surface area (Å²) in [4.78, 5) is 22.3. The van der Waals surface area contributed by atoms with Gasteiger partial charge in [-0.15, -0.1) is 12.3 Å². The van der Waals surface area contributed by atoms with Gasteiger partial charge in [-0.1, -0.05) is 12.1 Å². The molecule has 0 radical (unpaired) electrons. The second kappa shape index (κ2) is 7.45. The Morgan fingerprint density at radius 2 is 2.20 bits per heavy atom. The zero-order chi connectivity index (χ0) is 15.0. The summed E-state index contributed by atoms with van der Waals surface area (Å²) in [6, 6.07) is 6.97. The van der Waals surface area contributed by atoms with Crippen molar-refractivity contribution in [2.45, 2.75) is 19.0 Å². The van der Waals surface area contributed by atoms with E-state index in [4.69, 9.17) is 16.8 Å². The third-order valence-corrected chi connectivity index (χ3v) is 2.43. The topological polar surface area (TPSA) is 102 Å². The van der Waals surface area contributed by atoms with Crippen molar-refractivity contribution < 1.29 is 14.7 Å². The number of benzene rings is 1. The van der Waals surface area contributed by atoms with Gasteiger partial charge in [0.25, 0.3) is 0 Å². The fraction of sp³-hybridized carbons (Fsp3) is 0.214. The van der Waals surface area contributed by atoms with Crippen LogP contribution in [0.15, 0.2) is 24.3 Å². The monoisotopic (exact) mass is 271 g/mol. The normalized spacial score (nSPS) is 10.7. The number of carbonyl (C=O) groups excluding carboxylic acids is 1. The average molecular weight is 271 g/mol. The van der Waals surface area contributed by atoms with Crippen LogP contribution in [0.4, 0.5) is 4.79 Å². The van der Waals surface area contributed by atoms with Gasteiger partial charge in [0.2, 0.25) is 0 Å². The van der Waals surface area contributed by atoms with Crippen LogP contribution in [0.3, 0.4) is 0 Å². The molecule has 0 saturated carbocycles. The average Bonchev–Trinajstić information content (AvgIpc) is 2.44. The summed E-state index contributed by atoms with van der Waals surface area (Å²) < 4.78 is 0. The molecule has 1 unspecified atom stereocenters. The van der Waals surface area contributed by atoms with Gasteiger partial charge in [0, 0.05) is 13.0 Å². The number of hydrogen-bond acceptors (Lipinski definition) is 3. The van der Waals surface area contributed by atoms with E-state index in [1.54, 1.807) is 24.3 Å². The van der Waals surface area contributed by atoms with Gasteiger partial charge in [0.1, 0.15) is 6.04 Å². The first-order valence-corrected chi connectivity index (χ1v) is 5.76. The third-order valence-electron chi connectivity index (χ3n) is 2.43. The number of carbonyl (C=O) groups is 2. The number of carboxylic acids is 1. The molecule has 102 valence electrons.